The normalized spacial score (nSPS) is 13.5. The van der Waals surface area contributed by atoms with Crippen molar-refractivity contribution in [3.05, 3.63) is 0 Å². The smallest absolute Gasteiger partial charge is 0.383 e. The molecule has 0 aromatic carbocycles. The first-order chi connectivity index (χ1) is 11.0. The van der Waals surface area contributed by atoms with Crippen LogP contribution >= 0.6 is 0 Å². The van der Waals surface area contributed by atoms with Crippen molar-refractivity contribution < 1.29 is 50.4 Å². The second-order valence-electron chi connectivity index (χ2n) is 4.84. The van der Waals surface area contributed by atoms with Gasteiger partial charge in [-0.3, -0.25) is 4.74 Å². The van der Waals surface area contributed by atoms with Crippen LogP contribution in [-0.2, 0) is 18.9 Å². The van der Waals surface area contributed by atoms with Gasteiger partial charge in [0.25, 0.3) is 0 Å². The molecule has 24 heavy (non-hydrogen) atoms. The lowest BCUT2D eigenvalue weighted by Crippen LogP contribution is -2.39. The van der Waals surface area contributed by atoms with E-state index in [0.717, 1.165) is 0 Å². The van der Waals surface area contributed by atoms with Gasteiger partial charge in [-0.05, 0) is 6.42 Å². The van der Waals surface area contributed by atoms with Crippen LogP contribution in [0.4, 0.5) is 26.3 Å². The molecule has 11 heteroatoms. The minimum atomic E-state index is -4.31. The fraction of sp³-hybridized carbons (Fsp3) is 1.00. The molecular weight excluding hydrogens is 350 g/mol. The van der Waals surface area contributed by atoms with E-state index in [-0.39, 0.29) is 26.1 Å². The van der Waals surface area contributed by atoms with E-state index >= 15 is 0 Å². The van der Waals surface area contributed by atoms with Gasteiger partial charge in [0.2, 0.25) is 5.92 Å². The maximum Gasteiger partial charge on any atom is 0.383 e. The van der Waals surface area contributed by atoms with E-state index in [1.54, 1.807) is 0 Å². The van der Waals surface area contributed by atoms with E-state index in [1.165, 1.54) is 6.92 Å². The lowest BCUT2D eigenvalue weighted by molar-refractivity contribution is -0.395. The maximum atomic E-state index is 13.2. The summed E-state index contributed by atoms with van der Waals surface area (Å²) in [6.45, 7) is -3.29. The molecule has 146 valence electrons. The molecule has 0 aliphatic heterocycles. The number of hydrogen-bond acceptors (Lipinski definition) is 5. The van der Waals surface area contributed by atoms with E-state index in [2.05, 4.69) is 18.9 Å². The number of aliphatic hydroxyl groups excluding tert-OH is 1. The molecule has 0 aromatic heterocycles. The summed E-state index contributed by atoms with van der Waals surface area (Å²) in [5.74, 6) is -2.91. The van der Waals surface area contributed by atoms with Gasteiger partial charge in [0.1, 0.15) is 20.0 Å². The van der Waals surface area contributed by atoms with Crippen LogP contribution in [0.1, 0.15) is 26.2 Å². The molecule has 0 radical (unpaired) electrons. The summed E-state index contributed by atoms with van der Waals surface area (Å²) in [5, 5.41) is 8.35. The zero-order valence-corrected chi connectivity index (χ0v) is 13.2. The van der Waals surface area contributed by atoms with Crippen molar-refractivity contribution in [3.8, 4) is 0 Å². The number of rotatable bonds is 15. The molecule has 0 saturated carbocycles. The van der Waals surface area contributed by atoms with E-state index in [9.17, 15) is 26.3 Å². The van der Waals surface area contributed by atoms with Crippen molar-refractivity contribution in [2.24, 2.45) is 0 Å². The van der Waals surface area contributed by atoms with Crippen LogP contribution in [-0.4, -0.2) is 63.1 Å². The van der Waals surface area contributed by atoms with E-state index in [0.29, 0.717) is 0 Å². The molecule has 0 rings (SSSR count). The molecule has 0 fully saturated rings. The summed E-state index contributed by atoms with van der Waals surface area (Å²) in [6, 6.07) is 0. The predicted octanol–water partition coefficient (Wildman–Crippen LogP) is 3.01. The highest BCUT2D eigenvalue weighted by molar-refractivity contribution is 4.63. The molecule has 0 amide bonds. The third-order valence-corrected chi connectivity index (χ3v) is 2.59. The average Bonchev–Trinajstić information content (AvgIpc) is 2.45. The standard InChI is InChI=1S/C13H22F6O5/c1-2-11(14,15)4-3-6-21-8-12(16,17)24-13(18,19)9-23-10-22-7-5-20/h20H,2-10H2,1H3. The molecule has 0 atom stereocenters. The van der Waals surface area contributed by atoms with E-state index in [1.807, 2.05) is 0 Å². The van der Waals surface area contributed by atoms with E-state index in [4.69, 9.17) is 5.11 Å². The molecule has 0 aliphatic carbocycles. The summed E-state index contributed by atoms with van der Waals surface area (Å²) in [6.07, 6.45) is -9.75. The van der Waals surface area contributed by atoms with Gasteiger partial charge in [0.15, 0.2) is 0 Å². The number of hydrogen-bond donors (Lipinski definition) is 1. The Morgan fingerprint density at radius 2 is 1.42 bits per heavy atom. The molecule has 1 N–H and O–H groups in total. The lowest BCUT2D eigenvalue weighted by atomic mass is 10.1. The molecule has 5 nitrogen and oxygen atoms in total. The summed E-state index contributed by atoms with van der Waals surface area (Å²) in [7, 11) is 0. The van der Waals surface area contributed by atoms with Gasteiger partial charge in [-0.1, -0.05) is 6.92 Å². The first kappa shape index (κ1) is 23.4. The minimum Gasteiger partial charge on any atom is -0.394 e. The Bertz CT molecular complexity index is 330. The van der Waals surface area contributed by atoms with Crippen molar-refractivity contribution in [2.45, 2.75) is 44.3 Å². The number of halogens is 6. The van der Waals surface area contributed by atoms with Gasteiger partial charge >= 0.3 is 12.2 Å². The molecule has 0 unspecified atom stereocenters. The second-order valence-corrected chi connectivity index (χ2v) is 4.84. The minimum absolute atomic E-state index is 0.159. The van der Waals surface area contributed by atoms with Crippen molar-refractivity contribution in [3.63, 3.8) is 0 Å². The second kappa shape index (κ2) is 11.1. The largest absolute Gasteiger partial charge is 0.394 e. The van der Waals surface area contributed by atoms with Crippen LogP contribution < -0.4 is 0 Å². The molecule has 0 aliphatic rings. The Hall–Kier alpha value is -0.620. The average molecular weight is 372 g/mol. The highest BCUT2D eigenvalue weighted by atomic mass is 19.3. The zero-order valence-electron chi connectivity index (χ0n) is 13.2. The zero-order chi connectivity index (χ0) is 18.7. The summed E-state index contributed by atoms with van der Waals surface area (Å²) in [5.41, 5.74) is 0. The van der Waals surface area contributed by atoms with Gasteiger partial charge in [0.05, 0.1) is 13.2 Å². The molecule has 0 bridgehead atoms. The van der Waals surface area contributed by atoms with Gasteiger partial charge in [-0.25, -0.2) is 8.78 Å². The fourth-order valence-electron chi connectivity index (χ4n) is 1.42. The maximum absolute atomic E-state index is 13.2. The first-order valence-electron chi connectivity index (χ1n) is 7.21. The first-order valence-corrected chi connectivity index (χ1v) is 7.21. The molecule has 0 saturated heterocycles. The summed E-state index contributed by atoms with van der Waals surface area (Å²) >= 11 is 0. The number of ether oxygens (including phenoxy) is 4. The van der Waals surface area contributed by atoms with Crippen molar-refractivity contribution in [2.75, 3.05) is 39.8 Å². The van der Waals surface area contributed by atoms with Gasteiger partial charge < -0.3 is 19.3 Å². The van der Waals surface area contributed by atoms with Crippen molar-refractivity contribution >= 4 is 0 Å². The van der Waals surface area contributed by atoms with Gasteiger partial charge in [-0.2, -0.15) is 17.6 Å². The Balaban J connectivity index is 3.96. The van der Waals surface area contributed by atoms with Crippen molar-refractivity contribution in [1.82, 2.24) is 0 Å². The Labute approximate surface area is 135 Å². The quantitative estimate of drug-likeness (QED) is 0.272. The summed E-state index contributed by atoms with van der Waals surface area (Å²) < 4.78 is 94.8. The Kier molecular flexibility index (Phi) is 10.8. The SMILES string of the molecule is CCC(F)(F)CCCOCC(F)(F)OC(F)(F)COCOCCO. The monoisotopic (exact) mass is 372 g/mol. The number of alkyl halides is 6. The third kappa shape index (κ3) is 12.8. The van der Waals surface area contributed by atoms with Crippen LogP contribution in [0.15, 0.2) is 0 Å². The highest BCUT2D eigenvalue weighted by Gasteiger charge is 2.44. The lowest BCUT2D eigenvalue weighted by Gasteiger charge is -2.23. The van der Waals surface area contributed by atoms with E-state index < -0.39 is 51.2 Å². The van der Waals surface area contributed by atoms with Crippen LogP contribution in [0.3, 0.4) is 0 Å². The molecule has 0 aromatic rings. The topological polar surface area (TPSA) is 57.2 Å². The molecule has 0 spiro atoms. The van der Waals surface area contributed by atoms with Gasteiger partial charge in [0, 0.05) is 19.4 Å². The van der Waals surface area contributed by atoms with Crippen LogP contribution in [0.25, 0.3) is 0 Å². The number of aliphatic hydroxyl groups is 1. The van der Waals surface area contributed by atoms with Crippen LogP contribution in [0, 0.1) is 0 Å². The Morgan fingerprint density at radius 1 is 0.833 bits per heavy atom. The molecule has 0 heterocycles. The molecular formula is C13H22F6O5. The highest BCUT2D eigenvalue weighted by Crippen LogP contribution is 2.28. The Morgan fingerprint density at radius 3 is 1.96 bits per heavy atom. The van der Waals surface area contributed by atoms with Gasteiger partial charge in [-0.15, -0.1) is 0 Å². The third-order valence-electron chi connectivity index (χ3n) is 2.59. The predicted molar refractivity (Wildman–Crippen MR) is 70.1 cm³/mol. The summed E-state index contributed by atoms with van der Waals surface area (Å²) in [4.78, 5) is 0. The van der Waals surface area contributed by atoms with Crippen LogP contribution in [0.5, 0.6) is 0 Å². The van der Waals surface area contributed by atoms with Crippen molar-refractivity contribution in [1.29, 1.82) is 0 Å². The van der Waals surface area contributed by atoms with Crippen LogP contribution in [0.2, 0.25) is 0 Å². The fourth-order valence-corrected chi connectivity index (χ4v) is 1.42.